The van der Waals surface area contributed by atoms with Crippen molar-refractivity contribution in [1.29, 1.82) is 0 Å². The van der Waals surface area contributed by atoms with Gasteiger partial charge < -0.3 is 22.5 Å². The molecule has 0 spiro atoms. The molecule has 8 heteroatoms. The molecular weight excluding hydrogens is 574 g/mol. The average Bonchev–Trinajstić information content (AvgIpc) is 3.03. The summed E-state index contributed by atoms with van der Waals surface area (Å²) in [4.78, 5) is 12.9. The van der Waals surface area contributed by atoms with E-state index in [-0.39, 0.29) is 1.43 Å². The Balaban J connectivity index is 0.000000345. The number of nitrogens with one attached hydrogen (secondary N) is 1. The van der Waals surface area contributed by atoms with Crippen LogP contribution in [0.25, 0.3) is 22.6 Å². The Hall–Kier alpha value is -3.17. The number of hydrogen-bond acceptors (Lipinski definition) is 7. The Bertz CT molecular complexity index is 1180. The third kappa shape index (κ3) is 15.4. The minimum atomic E-state index is 0. The summed E-state index contributed by atoms with van der Waals surface area (Å²) in [5.41, 5.74) is 21.1. The second-order valence-electron chi connectivity index (χ2n) is 9.49. The van der Waals surface area contributed by atoms with E-state index in [2.05, 4.69) is 42.3 Å². The SMILES string of the molecule is Brc1cccc(-c2ccccn2)c1.NCCCCCCN.NCCCCCCNc1ccnc(-c2ccccn2)c1.[HH]. The van der Waals surface area contributed by atoms with E-state index < -0.39 is 0 Å². The molecule has 0 unspecified atom stereocenters. The second-order valence-corrected chi connectivity index (χ2v) is 10.4. The van der Waals surface area contributed by atoms with Crippen LogP contribution in [0.3, 0.4) is 0 Å². The van der Waals surface area contributed by atoms with Crippen molar-refractivity contribution in [2.24, 2.45) is 17.2 Å². The van der Waals surface area contributed by atoms with Gasteiger partial charge in [0.05, 0.1) is 17.1 Å². The topological polar surface area (TPSA) is 129 Å². The molecule has 0 amide bonds. The number of pyridine rings is 3. The third-order valence-corrected chi connectivity index (χ3v) is 6.58. The van der Waals surface area contributed by atoms with Crippen molar-refractivity contribution >= 4 is 21.6 Å². The number of hydrogen-bond donors (Lipinski definition) is 4. The summed E-state index contributed by atoms with van der Waals surface area (Å²) in [5.74, 6) is 0. The molecule has 0 aliphatic heterocycles. The molecule has 0 bridgehead atoms. The van der Waals surface area contributed by atoms with E-state index >= 15 is 0 Å². The first-order valence-corrected chi connectivity index (χ1v) is 15.4. The lowest BCUT2D eigenvalue weighted by Gasteiger charge is -2.07. The highest BCUT2D eigenvalue weighted by Crippen LogP contribution is 2.20. The van der Waals surface area contributed by atoms with Gasteiger partial charge >= 0.3 is 0 Å². The molecule has 0 aliphatic carbocycles. The summed E-state index contributed by atoms with van der Waals surface area (Å²) in [7, 11) is 0. The first kappa shape index (κ1) is 34.0. The summed E-state index contributed by atoms with van der Waals surface area (Å²) >= 11 is 3.43. The fourth-order valence-electron chi connectivity index (χ4n) is 3.87. The molecule has 41 heavy (non-hydrogen) atoms. The Labute approximate surface area is 256 Å². The molecular formula is C33H48BrN7. The first-order chi connectivity index (χ1) is 20.2. The maximum absolute atomic E-state index is 5.48. The third-order valence-electron chi connectivity index (χ3n) is 6.09. The van der Waals surface area contributed by atoms with Gasteiger partial charge in [0.1, 0.15) is 0 Å². The molecule has 4 rings (SSSR count). The minimum Gasteiger partial charge on any atom is -0.385 e. The maximum Gasteiger partial charge on any atom is 0.0906 e. The number of nitrogens with zero attached hydrogens (tertiary/aromatic N) is 3. The number of unbranched alkanes of at least 4 members (excludes halogenated alkanes) is 6. The summed E-state index contributed by atoms with van der Waals surface area (Å²) in [5, 5.41) is 3.43. The molecule has 222 valence electrons. The van der Waals surface area contributed by atoms with Gasteiger partial charge in [0.15, 0.2) is 0 Å². The van der Waals surface area contributed by atoms with Crippen LogP contribution in [0.15, 0.2) is 95.9 Å². The lowest BCUT2D eigenvalue weighted by Crippen LogP contribution is -2.03. The Kier molecular flexibility index (Phi) is 18.7. The highest BCUT2D eigenvalue weighted by molar-refractivity contribution is 9.10. The van der Waals surface area contributed by atoms with Crippen molar-refractivity contribution in [2.45, 2.75) is 51.4 Å². The molecule has 7 N–H and O–H groups in total. The number of rotatable bonds is 14. The van der Waals surface area contributed by atoms with Crippen molar-refractivity contribution in [3.05, 3.63) is 95.9 Å². The van der Waals surface area contributed by atoms with Gasteiger partial charge in [-0.1, -0.05) is 65.9 Å². The average molecular weight is 623 g/mol. The van der Waals surface area contributed by atoms with Crippen LogP contribution >= 0.6 is 15.9 Å². The monoisotopic (exact) mass is 621 g/mol. The number of halogens is 1. The van der Waals surface area contributed by atoms with Gasteiger partial charge in [0.2, 0.25) is 0 Å². The summed E-state index contributed by atoms with van der Waals surface area (Å²) in [6, 6.07) is 23.9. The fraction of sp³-hybridized carbons (Fsp3) is 0.364. The fourth-order valence-corrected chi connectivity index (χ4v) is 4.27. The van der Waals surface area contributed by atoms with Crippen LogP contribution in [0, 0.1) is 0 Å². The molecule has 0 fully saturated rings. The van der Waals surface area contributed by atoms with Crippen LogP contribution in [-0.4, -0.2) is 41.1 Å². The standard InChI is InChI=1S/C16H22N4.C11H8BrN.C6H16N2.H2/c17-9-4-1-2-5-10-18-14-8-12-20-16(13-14)15-7-3-6-11-19-15;12-10-5-3-4-9(8-10)11-6-1-2-7-13-11;7-5-3-1-2-4-6-8;/h3,6-8,11-13H,1-2,4-5,9-10,17H2,(H,18,20);1-8H;1-8H2;1H. The van der Waals surface area contributed by atoms with Crippen LogP contribution in [-0.2, 0) is 0 Å². The van der Waals surface area contributed by atoms with Gasteiger partial charge in [-0.3, -0.25) is 15.0 Å². The van der Waals surface area contributed by atoms with E-state index in [1.807, 2.05) is 72.9 Å². The van der Waals surface area contributed by atoms with Gasteiger partial charge in [-0.05, 0) is 93.8 Å². The zero-order valence-electron chi connectivity index (χ0n) is 24.1. The molecule has 1 aromatic carbocycles. The molecule has 3 aromatic heterocycles. The second kappa shape index (κ2) is 22.5. The molecule has 0 atom stereocenters. The lowest BCUT2D eigenvalue weighted by molar-refractivity contribution is 0.653. The van der Waals surface area contributed by atoms with Crippen LogP contribution < -0.4 is 22.5 Å². The molecule has 7 nitrogen and oxygen atoms in total. The predicted molar refractivity (Wildman–Crippen MR) is 180 cm³/mol. The van der Waals surface area contributed by atoms with Crippen LogP contribution in [0.2, 0.25) is 0 Å². The smallest absolute Gasteiger partial charge is 0.0906 e. The highest BCUT2D eigenvalue weighted by Gasteiger charge is 2.01. The van der Waals surface area contributed by atoms with E-state index in [4.69, 9.17) is 17.2 Å². The van der Waals surface area contributed by atoms with E-state index in [0.29, 0.717) is 0 Å². The summed E-state index contributed by atoms with van der Waals surface area (Å²) in [6.45, 7) is 3.43. The van der Waals surface area contributed by atoms with Crippen molar-refractivity contribution < 1.29 is 1.43 Å². The van der Waals surface area contributed by atoms with E-state index in [9.17, 15) is 0 Å². The van der Waals surface area contributed by atoms with Gasteiger partial charge in [0, 0.05) is 42.3 Å². The van der Waals surface area contributed by atoms with Crippen molar-refractivity contribution in [1.82, 2.24) is 15.0 Å². The zero-order chi connectivity index (χ0) is 29.4. The molecule has 3 heterocycles. The van der Waals surface area contributed by atoms with E-state index in [1.165, 1.54) is 32.1 Å². The number of benzene rings is 1. The normalized spacial score (nSPS) is 10.1. The Morgan fingerprint density at radius 3 is 1.71 bits per heavy atom. The first-order valence-electron chi connectivity index (χ1n) is 14.6. The molecule has 0 radical (unpaired) electrons. The van der Waals surface area contributed by atoms with Crippen molar-refractivity contribution in [3.8, 4) is 22.6 Å². The minimum absolute atomic E-state index is 0. The predicted octanol–water partition coefficient (Wildman–Crippen LogP) is 7.30. The number of nitrogens with two attached hydrogens (primary N) is 3. The largest absolute Gasteiger partial charge is 0.385 e. The Morgan fingerprint density at radius 2 is 1.15 bits per heavy atom. The lowest BCUT2D eigenvalue weighted by atomic mass is 10.1. The molecule has 0 aliphatic rings. The summed E-state index contributed by atoms with van der Waals surface area (Å²) < 4.78 is 1.08. The van der Waals surface area contributed by atoms with E-state index in [0.717, 1.165) is 78.2 Å². The van der Waals surface area contributed by atoms with Crippen molar-refractivity contribution in [3.63, 3.8) is 0 Å². The molecule has 4 aromatic rings. The Morgan fingerprint density at radius 1 is 0.561 bits per heavy atom. The maximum atomic E-state index is 5.48. The van der Waals surface area contributed by atoms with Crippen LogP contribution in [0.4, 0.5) is 5.69 Å². The van der Waals surface area contributed by atoms with Crippen LogP contribution in [0.5, 0.6) is 0 Å². The van der Waals surface area contributed by atoms with E-state index in [1.54, 1.807) is 12.4 Å². The van der Waals surface area contributed by atoms with Gasteiger partial charge in [-0.2, -0.15) is 0 Å². The molecule has 0 saturated carbocycles. The quantitative estimate of drug-likeness (QED) is 0.109. The zero-order valence-corrected chi connectivity index (χ0v) is 25.7. The number of aromatic nitrogens is 3. The molecule has 0 saturated heterocycles. The van der Waals surface area contributed by atoms with Gasteiger partial charge in [-0.15, -0.1) is 0 Å². The van der Waals surface area contributed by atoms with Crippen LogP contribution in [0.1, 0.15) is 52.8 Å². The van der Waals surface area contributed by atoms with Gasteiger partial charge in [0.25, 0.3) is 0 Å². The summed E-state index contributed by atoms with van der Waals surface area (Å²) in [6.07, 6.45) is 14.9. The van der Waals surface area contributed by atoms with Gasteiger partial charge in [-0.25, -0.2) is 0 Å². The van der Waals surface area contributed by atoms with Crippen molar-refractivity contribution in [2.75, 3.05) is 31.5 Å². The highest BCUT2D eigenvalue weighted by atomic mass is 79.9. The number of anilines is 1.